The molecule has 1 fully saturated rings. The highest BCUT2D eigenvalue weighted by molar-refractivity contribution is 7.10. The van der Waals surface area contributed by atoms with Gasteiger partial charge in [-0.1, -0.05) is 0 Å². The molecule has 2 aromatic rings. The fourth-order valence-electron chi connectivity index (χ4n) is 2.09. The van der Waals surface area contributed by atoms with Crippen molar-refractivity contribution >= 4 is 11.3 Å². The maximum absolute atomic E-state index is 4.68. The molecule has 1 aliphatic rings. The third-order valence-electron chi connectivity index (χ3n) is 2.99. The summed E-state index contributed by atoms with van der Waals surface area (Å²) in [5, 5.41) is 6.72. The van der Waals surface area contributed by atoms with Gasteiger partial charge in [0, 0.05) is 30.2 Å². The molecule has 0 amide bonds. The molecule has 1 saturated heterocycles. The molecular weight excluding hydrogens is 232 g/mol. The molecule has 0 aromatic carbocycles. The van der Waals surface area contributed by atoms with Gasteiger partial charge in [-0.3, -0.25) is 9.97 Å². The third kappa shape index (κ3) is 2.35. The zero-order valence-corrected chi connectivity index (χ0v) is 10.3. The summed E-state index contributed by atoms with van der Waals surface area (Å²) in [6.45, 7) is 2.19. The van der Waals surface area contributed by atoms with E-state index in [0.717, 1.165) is 24.5 Å². The van der Waals surface area contributed by atoms with E-state index in [0.29, 0.717) is 5.92 Å². The molecule has 17 heavy (non-hydrogen) atoms. The molecule has 1 unspecified atom stereocenters. The van der Waals surface area contributed by atoms with Gasteiger partial charge in [0.15, 0.2) is 0 Å². The highest BCUT2D eigenvalue weighted by atomic mass is 32.1. The molecule has 3 rings (SSSR count). The van der Waals surface area contributed by atoms with E-state index >= 15 is 0 Å². The molecule has 4 nitrogen and oxygen atoms in total. The molecule has 5 heteroatoms. The van der Waals surface area contributed by atoms with Crippen LogP contribution in [0.4, 0.5) is 0 Å². The average Bonchev–Trinajstić information content (AvgIpc) is 2.90. The summed E-state index contributed by atoms with van der Waals surface area (Å²) in [6.07, 6.45) is 7.63. The predicted octanol–water partition coefficient (Wildman–Crippen LogP) is 2.07. The van der Waals surface area contributed by atoms with Crippen LogP contribution in [0.5, 0.6) is 0 Å². The Morgan fingerprint density at radius 3 is 3.06 bits per heavy atom. The van der Waals surface area contributed by atoms with E-state index in [1.165, 1.54) is 17.8 Å². The van der Waals surface area contributed by atoms with Crippen LogP contribution < -0.4 is 5.32 Å². The summed E-state index contributed by atoms with van der Waals surface area (Å²) in [7, 11) is 0. The maximum Gasteiger partial charge on any atom is 0.108 e. The Hall–Kier alpha value is -1.33. The number of aromatic nitrogens is 3. The molecule has 2 aromatic heterocycles. The number of hydrogen-bond donors (Lipinski definition) is 1. The lowest BCUT2D eigenvalue weighted by molar-refractivity contribution is 0.460. The van der Waals surface area contributed by atoms with Crippen molar-refractivity contribution in [1.29, 1.82) is 0 Å². The first-order valence-corrected chi connectivity index (χ1v) is 6.74. The minimum absolute atomic E-state index is 0.569. The van der Waals surface area contributed by atoms with Crippen LogP contribution in [0.15, 0.2) is 24.0 Å². The van der Waals surface area contributed by atoms with Crippen LogP contribution in [0.3, 0.4) is 0 Å². The first-order chi connectivity index (χ1) is 8.43. The number of hydrogen-bond acceptors (Lipinski definition) is 5. The van der Waals surface area contributed by atoms with Gasteiger partial charge in [-0.05, 0) is 19.4 Å². The van der Waals surface area contributed by atoms with Crippen molar-refractivity contribution in [1.82, 2.24) is 20.3 Å². The number of nitrogens with zero attached hydrogens (tertiary/aromatic N) is 3. The predicted molar refractivity (Wildman–Crippen MR) is 68.0 cm³/mol. The van der Waals surface area contributed by atoms with Gasteiger partial charge in [-0.15, -0.1) is 11.3 Å². The lowest BCUT2D eigenvalue weighted by Gasteiger charge is -2.20. The van der Waals surface area contributed by atoms with Crippen LogP contribution in [0, 0.1) is 0 Å². The Morgan fingerprint density at radius 1 is 1.29 bits per heavy atom. The van der Waals surface area contributed by atoms with E-state index < -0.39 is 0 Å². The number of nitrogens with one attached hydrogen (secondary N) is 1. The Bertz CT molecular complexity index is 476. The first kappa shape index (κ1) is 10.8. The van der Waals surface area contributed by atoms with E-state index in [4.69, 9.17) is 0 Å². The van der Waals surface area contributed by atoms with Crippen molar-refractivity contribution in [3.63, 3.8) is 0 Å². The van der Waals surface area contributed by atoms with Crippen molar-refractivity contribution < 1.29 is 0 Å². The molecule has 0 radical (unpaired) electrons. The van der Waals surface area contributed by atoms with Crippen LogP contribution in [-0.2, 0) is 0 Å². The molecule has 1 N–H and O–H groups in total. The topological polar surface area (TPSA) is 50.7 Å². The summed E-state index contributed by atoms with van der Waals surface area (Å²) in [5.74, 6) is 0.569. The van der Waals surface area contributed by atoms with Crippen molar-refractivity contribution in [3.8, 4) is 11.4 Å². The zero-order valence-electron chi connectivity index (χ0n) is 9.47. The van der Waals surface area contributed by atoms with Crippen LogP contribution in [0.1, 0.15) is 23.8 Å². The molecule has 3 heterocycles. The second kappa shape index (κ2) is 4.89. The summed E-state index contributed by atoms with van der Waals surface area (Å²) < 4.78 is 0. The second-order valence-electron chi connectivity index (χ2n) is 4.20. The highest BCUT2D eigenvalue weighted by Crippen LogP contribution is 2.28. The lowest BCUT2D eigenvalue weighted by Crippen LogP contribution is -2.28. The van der Waals surface area contributed by atoms with E-state index in [2.05, 4.69) is 25.6 Å². The number of piperidine rings is 1. The molecule has 1 aliphatic heterocycles. The molecule has 88 valence electrons. The average molecular weight is 246 g/mol. The number of rotatable bonds is 2. The smallest absolute Gasteiger partial charge is 0.108 e. The van der Waals surface area contributed by atoms with Crippen LogP contribution in [0.25, 0.3) is 11.4 Å². The molecular formula is C12H14N4S. The maximum atomic E-state index is 4.68. The minimum Gasteiger partial charge on any atom is -0.316 e. The van der Waals surface area contributed by atoms with Crippen LogP contribution >= 0.6 is 11.3 Å². The van der Waals surface area contributed by atoms with Crippen molar-refractivity contribution in [2.75, 3.05) is 13.1 Å². The minimum atomic E-state index is 0.569. The fraction of sp³-hybridized carbons (Fsp3) is 0.417. The van der Waals surface area contributed by atoms with E-state index in [-0.39, 0.29) is 0 Å². The number of thiazole rings is 1. The van der Waals surface area contributed by atoms with Crippen molar-refractivity contribution in [3.05, 3.63) is 29.0 Å². The fourth-order valence-corrected chi connectivity index (χ4v) is 3.04. The molecule has 0 bridgehead atoms. The standard InChI is InChI=1S/C12H14N4S/c1-2-9(6-13-3-1)12-16-11(8-17-12)10-7-14-4-5-15-10/h4-5,7-9,13H,1-3,6H2. The van der Waals surface area contributed by atoms with Gasteiger partial charge >= 0.3 is 0 Å². The Labute approximate surface area is 104 Å². The molecule has 0 spiro atoms. The van der Waals surface area contributed by atoms with Gasteiger partial charge < -0.3 is 5.32 Å². The van der Waals surface area contributed by atoms with Crippen LogP contribution in [-0.4, -0.2) is 28.0 Å². The Morgan fingerprint density at radius 2 is 2.29 bits per heavy atom. The molecule has 0 aliphatic carbocycles. The van der Waals surface area contributed by atoms with Gasteiger partial charge in [0.1, 0.15) is 11.4 Å². The van der Waals surface area contributed by atoms with Gasteiger partial charge in [-0.25, -0.2) is 4.98 Å². The summed E-state index contributed by atoms with van der Waals surface area (Å²) >= 11 is 1.73. The zero-order chi connectivity index (χ0) is 11.5. The molecule has 0 saturated carbocycles. The van der Waals surface area contributed by atoms with Gasteiger partial charge in [0.25, 0.3) is 0 Å². The summed E-state index contributed by atoms with van der Waals surface area (Å²) in [6, 6.07) is 0. The second-order valence-corrected chi connectivity index (χ2v) is 5.09. The SMILES string of the molecule is c1cnc(-c2csc(C3CCCNC3)n2)cn1. The normalized spacial score (nSPS) is 20.4. The highest BCUT2D eigenvalue weighted by Gasteiger charge is 2.18. The van der Waals surface area contributed by atoms with E-state index in [1.807, 2.05) is 0 Å². The first-order valence-electron chi connectivity index (χ1n) is 5.86. The Balaban J connectivity index is 1.83. The molecule has 1 atom stereocenters. The largest absolute Gasteiger partial charge is 0.316 e. The quantitative estimate of drug-likeness (QED) is 0.881. The summed E-state index contributed by atoms with van der Waals surface area (Å²) in [5.41, 5.74) is 1.81. The van der Waals surface area contributed by atoms with Gasteiger partial charge in [0.05, 0.1) is 11.2 Å². The Kier molecular flexibility index (Phi) is 3.11. The summed E-state index contributed by atoms with van der Waals surface area (Å²) in [4.78, 5) is 13.0. The van der Waals surface area contributed by atoms with Gasteiger partial charge in [-0.2, -0.15) is 0 Å². The third-order valence-corrected chi connectivity index (χ3v) is 4.00. The van der Waals surface area contributed by atoms with Crippen molar-refractivity contribution in [2.45, 2.75) is 18.8 Å². The van der Waals surface area contributed by atoms with Crippen LogP contribution in [0.2, 0.25) is 0 Å². The van der Waals surface area contributed by atoms with E-state index in [9.17, 15) is 0 Å². The monoisotopic (exact) mass is 246 g/mol. The lowest BCUT2D eigenvalue weighted by atomic mass is 10.0. The van der Waals surface area contributed by atoms with E-state index in [1.54, 1.807) is 29.9 Å². The van der Waals surface area contributed by atoms with Crippen molar-refractivity contribution in [2.24, 2.45) is 0 Å². The van der Waals surface area contributed by atoms with Gasteiger partial charge in [0.2, 0.25) is 0 Å².